The van der Waals surface area contributed by atoms with Crippen molar-refractivity contribution >= 4 is 5.78 Å². The lowest BCUT2D eigenvalue weighted by atomic mass is 9.44. The van der Waals surface area contributed by atoms with E-state index in [9.17, 15) is 9.90 Å². The minimum Gasteiger partial charge on any atom is -0.396 e. The molecule has 0 radical (unpaired) electrons. The maximum absolute atomic E-state index is 12.0. The Bertz CT molecular complexity index is 542. The van der Waals surface area contributed by atoms with E-state index < -0.39 is 0 Å². The molecule has 0 aromatic carbocycles. The van der Waals surface area contributed by atoms with E-state index in [-0.39, 0.29) is 0 Å². The summed E-state index contributed by atoms with van der Waals surface area (Å²) in [5.41, 5.74) is 0.975. The zero-order valence-corrected chi connectivity index (χ0v) is 17.3. The van der Waals surface area contributed by atoms with Gasteiger partial charge in [0.15, 0.2) is 0 Å². The molecule has 4 rings (SSSR count). The van der Waals surface area contributed by atoms with Crippen molar-refractivity contribution in [2.75, 3.05) is 6.61 Å². The first-order valence-corrected chi connectivity index (χ1v) is 11.5. The van der Waals surface area contributed by atoms with E-state index in [1.807, 2.05) is 0 Å². The standard InChI is InChI=1S/C24H40O2/c1-16(5-4-14-25)20-8-9-21-19-7-6-17-15-18(26)10-12-23(17,2)22(19)11-13-24(20,21)3/h16-17,19-22,25H,4-15H2,1-3H3/t16-,17-,19+,20-,21+,22+,23+,24-/m1/s1. The summed E-state index contributed by atoms with van der Waals surface area (Å²) in [4.78, 5) is 12.0. The molecular formula is C24H40O2. The molecule has 2 heteroatoms. The smallest absolute Gasteiger partial charge is 0.133 e. The summed E-state index contributed by atoms with van der Waals surface area (Å²) in [6.45, 7) is 7.98. The summed E-state index contributed by atoms with van der Waals surface area (Å²) in [5.74, 6) is 5.53. The van der Waals surface area contributed by atoms with Crippen molar-refractivity contribution < 1.29 is 9.90 Å². The summed E-state index contributed by atoms with van der Waals surface area (Å²) in [5, 5.41) is 9.24. The Morgan fingerprint density at radius 1 is 1.04 bits per heavy atom. The lowest BCUT2D eigenvalue weighted by Gasteiger charge is -2.60. The van der Waals surface area contributed by atoms with E-state index in [0.29, 0.717) is 29.1 Å². The Hall–Kier alpha value is -0.370. The number of carbonyl (C=O) groups excluding carboxylic acids is 1. The van der Waals surface area contributed by atoms with Gasteiger partial charge < -0.3 is 5.11 Å². The molecule has 0 unspecified atom stereocenters. The van der Waals surface area contributed by atoms with Gasteiger partial charge >= 0.3 is 0 Å². The SMILES string of the molecule is C[C@H](CCCO)[C@H]1CC[C@H]2[C@@H]3CC[C@@H]4CC(=O)CC[C@]4(C)[C@H]3CC[C@]12C. The lowest BCUT2D eigenvalue weighted by Crippen LogP contribution is -2.53. The third kappa shape index (κ3) is 2.81. The van der Waals surface area contributed by atoms with Crippen LogP contribution in [-0.4, -0.2) is 17.5 Å². The number of hydrogen-bond acceptors (Lipinski definition) is 2. The molecule has 0 heterocycles. The number of ketones is 1. The van der Waals surface area contributed by atoms with Crippen LogP contribution in [0.2, 0.25) is 0 Å². The molecule has 0 aromatic rings. The molecule has 26 heavy (non-hydrogen) atoms. The van der Waals surface area contributed by atoms with Gasteiger partial charge in [-0.05, 0) is 104 Å². The quantitative estimate of drug-likeness (QED) is 0.706. The van der Waals surface area contributed by atoms with Crippen molar-refractivity contribution in [1.82, 2.24) is 0 Å². The average Bonchev–Trinajstić information content (AvgIpc) is 2.97. The van der Waals surface area contributed by atoms with Crippen LogP contribution in [0, 0.1) is 46.3 Å². The zero-order valence-electron chi connectivity index (χ0n) is 17.3. The molecule has 148 valence electrons. The van der Waals surface area contributed by atoms with Crippen LogP contribution in [0.25, 0.3) is 0 Å². The summed E-state index contributed by atoms with van der Waals surface area (Å²) in [6, 6.07) is 0. The van der Waals surface area contributed by atoms with Crippen LogP contribution in [0.15, 0.2) is 0 Å². The number of fused-ring (bicyclic) bond motifs is 5. The fourth-order valence-electron chi connectivity index (χ4n) is 8.64. The third-order valence-electron chi connectivity index (χ3n) is 10.1. The Morgan fingerprint density at radius 3 is 2.58 bits per heavy atom. The molecule has 0 saturated heterocycles. The normalized spacial score (nSPS) is 49.2. The summed E-state index contributed by atoms with van der Waals surface area (Å²) in [7, 11) is 0. The number of aliphatic hydroxyl groups is 1. The van der Waals surface area contributed by atoms with Crippen molar-refractivity contribution in [1.29, 1.82) is 0 Å². The maximum Gasteiger partial charge on any atom is 0.133 e. The minimum atomic E-state index is 0.348. The lowest BCUT2D eigenvalue weighted by molar-refractivity contribution is -0.140. The molecule has 4 saturated carbocycles. The van der Waals surface area contributed by atoms with Crippen molar-refractivity contribution in [3.05, 3.63) is 0 Å². The predicted octanol–water partition coefficient (Wildman–Crippen LogP) is 5.62. The van der Waals surface area contributed by atoms with E-state index in [1.54, 1.807) is 0 Å². The zero-order chi connectivity index (χ0) is 18.5. The number of hydrogen-bond donors (Lipinski definition) is 1. The second-order valence-electron chi connectivity index (χ2n) is 11.0. The number of rotatable bonds is 4. The molecule has 0 bridgehead atoms. The first-order valence-electron chi connectivity index (χ1n) is 11.5. The van der Waals surface area contributed by atoms with Gasteiger partial charge in [-0.3, -0.25) is 4.79 Å². The van der Waals surface area contributed by atoms with Crippen LogP contribution >= 0.6 is 0 Å². The van der Waals surface area contributed by atoms with Gasteiger partial charge in [-0.15, -0.1) is 0 Å². The highest BCUT2D eigenvalue weighted by Gasteiger charge is 2.60. The van der Waals surface area contributed by atoms with Crippen LogP contribution in [0.1, 0.15) is 91.4 Å². The van der Waals surface area contributed by atoms with Crippen molar-refractivity contribution in [2.45, 2.75) is 91.4 Å². The van der Waals surface area contributed by atoms with Crippen LogP contribution in [0.5, 0.6) is 0 Å². The van der Waals surface area contributed by atoms with E-state index in [0.717, 1.165) is 55.3 Å². The van der Waals surface area contributed by atoms with Crippen LogP contribution < -0.4 is 0 Å². The molecule has 2 nitrogen and oxygen atoms in total. The minimum absolute atomic E-state index is 0.348. The van der Waals surface area contributed by atoms with Crippen molar-refractivity contribution in [3.63, 3.8) is 0 Å². The predicted molar refractivity (Wildman–Crippen MR) is 106 cm³/mol. The van der Waals surface area contributed by atoms with E-state index in [4.69, 9.17) is 0 Å². The number of Topliss-reactive ketones (excluding diaryl/α,β-unsaturated/α-hetero) is 1. The van der Waals surface area contributed by atoms with Gasteiger partial charge in [-0.25, -0.2) is 0 Å². The van der Waals surface area contributed by atoms with Crippen molar-refractivity contribution in [3.8, 4) is 0 Å². The maximum atomic E-state index is 12.0. The van der Waals surface area contributed by atoms with E-state index >= 15 is 0 Å². The van der Waals surface area contributed by atoms with Gasteiger partial charge in [0.25, 0.3) is 0 Å². The van der Waals surface area contributed by atoms with Gasteiger partial charge in [-0.2, -0.15) is 0 Å². The highest BCUT2D eigenvalue weighted by Crippen LogP contribution is 2.68. The summed E-state index contributed by atoms with van der Waals surface area (Å²) in [6.07, 6.45) is 13.4. The molecule has 0 aromatic heterocycles. The molecule has 0 amide bonds. The van der Waals surface area contributed by atoms with Crippen LogP contribution in [0.3, 0.4) is 0 Å². The Balaban J connectivity index is 1.53. The third-order valence-corrected chi connectivity index (χ3v) is 10.1. The molecule has 0 spiro atoms. The van der Waals surface area contributed by atoms with Crippen LogP contribution in [-0.2, 0) is 4.79 Å². The molecule has 4 aliphatic carbocycles. The second-order valence-corrected chi connectivity index (χ2v) is 11.0. The summed E-state index contributed by atoms with van der Waals surface area (Å²) >= 11 is 0. The van der Waals surface area contributed by atoms with Gasteiger partial charge in [0, 0.05) is 19.4 Å². The highest BCUT2D eigenvalue weighted by molar-refractivity contribution is 5.79. The average molecular weight is 361 g/mol. The first kappa shape index (κ1) is 19.0. The molecule has 1 N–H and O–H groups in total. The largest absolute Gasteiger partial charge is 0.396 e. The molecular weight excluding hydrogens is 320 g/mol. The Morgan fingerprint density at radius 2 is 1.81 bits per heavy atom. The first-order chi connectivity index (χ1) is 12.4. The topological polar surface area (TPSA) is 37.3 Å². The van der Waals surface area contributed by atoms with Gasteiger partial charge in [0.2, 0.25) is 0 Å². The molecule has 4 aliphatic rings. The molecule has 0 aliphatic heterocycles. The van der Waals surface area contributed by atoms with E-state index in [2.05, 4.69) is 20.8 Å². The van der Waals surface area contributed by atoms with Gasteiger partial charge in [0.05, 0.1) is 0 Å². The van der Waals surface area contributed by atoms with Gasteiger partial charge in [-0.1, -0.05) is 20.8 Å². The fraction of sp³-hybridized carbons (Fsp3) is 0.958. The Kier molecular flexibility index (Phi) is 5.04. The monoisotopic (exact) mass is 360 g/mol. The van der Waals surface area contributed by atoms with Gasteiger partial charge in [0.1, 0.15) is 5.78 Å². The van der Waals surface area contributed by atoms with E-state index in [1.165, 1.54) is 44.9 Å². The summed E-state index contributed by atoms with van der Waals surface area (Å²) < 4.78 is 0. The second kappa shape index (κ2) is 6.90. The van der Waals surface area contributed by atoms with Crippen LogP contribution in [0.4, 0.5) is 0 Å². The fourth-order valence-corrected chi connectivity index (χ4v) is 8.64. The molecule has 4 fully saturated rings. The highest BCUT2D eigenvalue weighted by atomic mass is 16.2. The number of aliphatic hydroxyl groups excluding tert-OH is 1. The number of carbonyl (C=O) groups is 1. The molecule has 8 atom stereocenters. The Labute approximate surface area is 160 Å². The van der Waals surface area contributed by atoms with Crippen molar-refractivity contribution in [2.24, 2.45) is 46.3 Å².